The quantitative estimate of drug-likeness (QED) is 0.850. The van der Waals surface area contributed by atoms with Crippen molar-refractivity contribution in [1.82, 2.24) is 19.3 Å². The number of hydrogen-bond donors (Lipinski definition) is 1. The number of nitrogens with zero attached hydrogens (tertiary/aromatic N) is 4. The van der Waals surface area contributed by atoms with E-state index in [2.05, 4.69) is 36.8 Å². The Morgan fingerprint density at radius 3 is 2.75 bits per heavy atom. The summed E-state index contributed by atoms with van der Waals surface area (Å²) in [7, 11) is 0. The van der Waals surface area contributed by atoms with E-state index in [1.807, 2.05) is 15.4 Å². The summed E-state index contributed by atoms with van der Waals surface area (Å²) in [5.41, 5.74) is 7.91. The highest BCUT2D eigenvalue weighted by Crippen LogP contribution is 2.27. The van der Waals surface area contributed by atoms with Crippen LogP contribution in [0.2, 0.25) is 0 Å². The number of anilines is 1. The molecular formula is C15H21N5. The van der Waals surface area contributed by atoms with Gasteiger partial charge in [-0.1, -0.05) is 12.8 Å². The third-order valence-electron chi connectivity index (χ3n) is 3.21. The summed E-state index contributed by atoms with van der Waals surface area (Å²) in [4.78, 5) is 4.65. The lowest BCUT2D eigenvalue weighted by atomic mass is 10.2. The number of nitrogens with two attached hydrogens (primary N) is 1. The first-order valence-corrected chi connectivity index (χ1v) is 6.91. The van der Waals surface area contributed by atoms with Gasteiger partial charge in [0.25, 0.3) is 0 Å². The Labute approximate surface area is 119 Å². The molecule has 0 saturated heterocycles. The van der Waals surface area contributed by atoms with Crippen LogP contribution < -0.4 is 5.73 Å². The average molecular weight is 271 g/mol. The van der Waals surface area contributed by atoms with Gasteiger partial charge in [-0.15, -0.1) is 6.42 Å². The van der Waals surface area contributed by atoms with Crippen LogP contribution in [0.25, 0.3) is 11.3 Å². The largest absolute Gasteiger partial charge is 0.383 e. The SMILES string of the molecule is C#CCn1c(CCC)nc(-c2cnn(C(C)C)c2)c1N. The standard InChI is InChI=1S/C15H21N5/c1-5-7-13-18-14(15(16)19(13)8-6-2)12-9-17-20(10-12)11(3)4/h2,9-11H,5,7-8,16H2,1,3-4H3. The lowest BCUT2D eigenvalue weighted by Crippen LogP contribution is -2.06. The van der Waals surface area contributed by atoms with Gasteiger partial charge >= 0.3 is 0 Å². The molecule has 0 saturated carbocycles. The zero-order chi connectivity index (χ0) is 14.7. The van der Waals surface area contributed by atoms with Crippen LogP contribution in [0.1, 0.15) is 39.1 Å². The number of nitrogen functional groups attached to an aromatic ring is 1. The van der Waals surface area contributed by atoms with E-state index in [0.717, 1.165) is 29.9 Å². The van der Waals surface area contributed by atoms with Crippen molar-refractivity contribution in [2.75, 3.05) is 5.73 Å². The molecule has 0 bridgehead atoms. The number of imidazole rings is 1. The van der Waals surface area contributed by atoms with E-state index in [0.29, 0.717) is 18.4 Å². The van der Waals surface area contributed by atoms with E-state index in [1.165, 1.54) is 0 Å². The molecule has 20 heavy (non-hydrogen) atoms. The first-order valence-electron chi connectivity index (χ1n) is 6.91. The maximum atomic E-state index is 6.21. The predicted molar refractivity (Wildman–Crippen MR) is 81.1 cm³/mol. The van der Waals surface area contributed by atoms with Crippen LogP contribution in [0, 0.1) is 12.3 Å². The monoisotopic (exact) mass is 271 g/mol. The molecule has 0 unspecified atom stereocenters. The fraction of sp³-hybridized carbons (Fsp3) is 0.467. The summed E-state index contributed by atoms with van der Waals surface area (Å²) in [5.74, 6) is 4.19. The third kappa shape index (κ3) is 2.55. The minimum absolute atomic E-state index is 0.313. The van der Waals surface area contributed by atoms with E-state index in [1.54, 1.807) is 6.20 Å². The Morgan fingerprint density at radius 1 is 1.45 bits per heavy atom. The van der Waals surface area contributed by atoms with Crippen molar-refractivity contribution in [3.63, 3.8) is 0 Å². The van der Waals surface area contributed by atoms with Gasteiger partial charge in [0.2, 0.25) is 0 Å². The van der Waals surface area contributed by atoms with Gasteiger partial charge in [0.15, 0.2) is 0 Å². The zero-order valence-electron chi connectivity index (χ0n) is 12.3. The fourth-order valence-electron chi connectivity index (χ4n) is 2.15. The third-order valence-corrected chi connectivity index (χ3v) is 3.21. The lowest BCUT2D eigenvalue weighted by molar-refractivity contribution is 0.532. The van der Waals surface area contributed by atoms with Crippen LogP contribution in [0.3, 0.4) is 0 Å². The van der Waals surface area contributed by atoms with E-state index in [9.17, 15) is 0 Å². The molecule has 0 atom stereocenters. The summed E-state index contributed by atoms with van der Waals surface area (Å²) in [6, 6.07) is 0.313. The van der Waals surface area contributed by atoms with Crippen LogP contribution in [0.15, 0.2) is 12.4 Å². The first-order chi connectivity index (χ1) is 9.58. The Morgan fingerprint density at radius 2 is 2.20 bits per heavy atom. The van der Waals surface area contributed by atoms with Crippen molar-refractivity contribution in [2.45, 2.75) is 46.2 Å². The van der Waals surface area contributed by atoms with Crippen molar-refractivity contribution >= 4 is 5.82 Å². The van der Waals surface area contributed by atoms with Gasteiger partial charge in [-0.25, -0.2) is 4.98 Å². The second-order valence-electron chi connectivity index (χ2n) is 5.10. The van der Waals surface area contributed by atoms with Crippen molar-refractivity contribution in [3.05, 3.63) is 18.2 Å². The van der Waals surface area contributed by atoms with E-state index < -0.39 is 0 Å². The van der Waals surface area contributed by atoms with Crippen molar-refractivity contribution in [3.8, 4) is 23.6 Å². The highest BCUT2D eigenvalue weighted by molar-refractivity contribution is 5.70. The average Bonchev–Trinajstić information content (AvgIpc) is 2.99. The van der Waals surface area contributed by atoms with Crippen LogP contribution in [0.4, 0.5) is 5.82 Å². The molecule has 0 fully saturated rings. The summed E-state index contributed by atoms with van der Waals surface area (Å²) in [6.45, 7) is 6.73. The molecule has 0 aromatic carbocycles. The number of hydrogen-bond acceptors (Lipinski definition) is 3. The van der Waals surface area contributed by atoms with Gasteiger partial charge in [0.1, 0.15) is 17.3 Å². The first kappa shape index (κ1) is 14.2. The van der Waals surface area contributed by atoms with Gasteiger partial charge in [0.05, 0.1) is 12.7 Å². The molecule has 2 aromatic rings. The van der Waals surface area contributed by atoms with Crippen molar-refractivity contribution in [1.29, 1.82) is 0 Å². The molecule has 0 aliphatic rings. The number of aryl methyl sites for hydroxylation is 1. The Balaban J connectivity index is 2.45. The summed E-state index contributed by atoms with van der Waals surface area (Å²) >= 11 is 0. The molecule has 2 N–H and O–H groups in total. The number of terminal acetylenes is 1. The Kier molecular flexibility index (Phi) is 4.14. The fourth-order valence-corrected chi connectivity index (χ4v) is 2.15. The normalized spacial score (nSPS) is 10.9. The molecule has 0 spiro atoms. The van der Waals surface area contributed by atoms with E-state index in [-0.39, 0.29) is 0 Å². The Bertz CT molecular complexity index is 627. The second-order valence-corrected chi connectivity index (χ2v) is 5.10. The summed E-state index contributed by atoms with van der Waals surface area (Å²) in [6.07, 6.45) is 11.1. The van der Waals surface area contributed by atoms with E-state index in [4.69, 9.17) is 12.2 Å². The van der Waals surface area contributed by atoms with Gasteiger partial charge in [-0.05, 0) is 20.3 Å². The second kappa shape index (κ2) is 5.83. The molecule has 0 aliphatic heterocycles. The maximum Gasteiger partial charge on any atom is 0.132 e. The molecule has 0 amide bonds. The predicted octanol–water partition coefficient (Wildman–Crippen LogP) is 2.50. The minimum atomic E-state index is 0.313. The maximum absolute atomic E-state index is 6.21. The molecule has 2 heterocycles. The van der Waals surface area contributed by atoms with E-state index >= 15 is 0 Å². The molecule has 0 aliphatic carbocycles. The van der Waals surface area contributed by atoms with Gasteiger partial charge in [0, 0.05) is 24.2 Å². The molecular weight excluding hydrogens is 250 g/mol. The molecule has 5 nitrogen and oxygen atoms in total. The molecule has 2 aromatic heterocycles. The highest BCUT2D eigenvalue weighted by atomic mass is 15.3. The van der Waals surface area contributed by atoms with Crippen LogP contribution in [0.5, 0.6) is 0 Å². The zero-order valence-corrected chi connectivity index (χ0v) is 12.3. The van der Waals surface area contributed by atoms with Crippen LogP contribution >= 0.6 is 0 Å². The highest BCUT2D eigenvalue weighted by Gasteiger charge is 2.16. The lowest BCUT2D eigenvalue weighted by Gasteiger charge is -2.04. The number of aromatic nitrogens is 4. The van der Waals surface area contributed by atoms with Crippen LogP contribution in [-0.2, 0) is 13.0 Å². The van der Waals surface area contributed by atoms with Gasteiger partial charge in [-0.2, -0.15) is 5.10 Å². The number of rotatable bonds is 5. The van der Waals surface area contributed by atoms with Crippen LogP contribution in [-0.4, -0.2) is 19.3 Å². The molecule has 106 valence electrons. The summed E-state index contributed by atoms with van der Waals surface area (Å²) in [5, 5.41) is 4.34. The topological polar surface area (TPSA) is 61.7 Å². The molecule has 2 rings (SSSR count). The Hall–Kier alpha value is -2.22. The minimum Gasteiger partial charge on any atom is -0.383 e. The molecule has 0 radical (unpaired) electrons. The molecule has 5 heteroatoms. The summed E-state index contributed by atoms with van der Waals surface area (Å²) < 4.78 is 3.81. The van der Waals surface area contributed by atoms with Gasteiger partial charge in [-0.3, -0.25) is 4.68 Å². The van der Waals surface area contributed by atoms with Gasteiger partial charge < -0.3 is 10.3 Å². The van der Waals surface area contributed by atoms with Crippen molar-refractivity contribution in [2.24, 2.45) is 0 Å². The smallest absolute Gasteiger partial charge is 0.132 e. The van der Waals surface area contributed by atoms with Crippen molar-refractivity contribution < 1.29 is 0 Å².